The van der Waals surface area contributed by atoms with Gasteiger partial charge in [-0.15, -0.1) is 0 Å². The summed E-state index contributed by atoms with van der Waals surface area (Å²) < 4.78 is 0. The van der Waals surface area contributed by atoms with Gasteiger partial charge in [0.1, 0.15) is 0 Å². The van der Waals surface area contributed by atoms with Crippen molar-refractivity contribution in [2.45, 2.75) is 19.8 Å². The minimum Gasteiger partial charge on any atom is -0.274 e. The molecule has 4 nitrogen and oxygen atoms in total. The van der Waals surface area contributed by atoms with E-state index < -0.39 is 5.41 Å². The first-order valence-electron chi connectivity index (χ1n) is 8.34. The second kappa shape index (κ2) is 5.81. The van der Waals surface area contributed by atoms with E-state index in [1.54, 1.807) is 12.3 Å². The number of pyridine rings is 1. The Kier molecular flexibility index (Phi) is 3.61. The number of para-hydroxylation sites is 1. The van der Waals surface area contributed by atoms with Crippen LogP contribution in [0.4, 0.5) is 5.69 Å². The standard InChI is InChI=1S/C21H18N2O2/c1-21(13-15-7-3-2-4-8-15)14-18(24)23(20(21)25)17-11-5-9-16-10-6-12-22-19(16)17/h2-12H,13-14H2,1H3. The Morgan fingerprint density at radius 3 is 2.56 bits per heavy atom. The topological polar surface area (TPSA) is 50.3 Å². The molecule has 1 aliphatic rings. The molecule has 1 aromatic heterocycles. The average Bonchev–Trinajstić information content (AvgIpc) is 2.84. The molecule has 0 spiro atoms. The van der Waals surface area contributed by atoms with Gasteiger partial charge < -0.3 is 0 Å². The summed E-state index contributed by atoms with van der Waals surface area (Å²) in [7, 11) is 0. The molecular weight excluding hydrogens is 312 g/mol. The second-order valence-corrected chi connectivity index (χ2v) is 6.79. The number of hydrogen-bond acceptors (Lipinski definition) is 3. The molecule has 2 heterocycles. The molecule has 1 fully saturated rings. The fraction of sp³-hybridized carbons (Fsp3) is 0.190. The van der Waals surface area contributed by atoms with Gasteiger partial charge in [-0.25, -0.2) is 4.90 Å². The van der Waals surface area contributed by atoms with Crippen LogP contribution in [0.1, 0.15) is 18.9 Å². The summed E-state index contributed by atoms with van der Waals surface area (Å²) in [6.45, 7) is 1.87. The molecule has 0 saturated carbocycles. The third-order valence-electron chi connectivity index (χ3n) is 4.80. The van der Waals surface area contributed by atoms with Gasteiger partial charge in [-0.05, 0) is 31.0 Å². The van der Waals surface area contributed by atoms with Gasteiger partial charge in [0.15, 0.2) is 0 Å². The van der Waals surface area contributed by atoms with Gasteiger partial charge in [0.2, 0.25) is 11.8 Å². The highest BCUT2D eigenvalue weighted by molar-refractivity contribution is 6.24. The van der Waals surface area contributed by atoms with Crippen molar-refractivity contribution in [1.29, 1.82) is 0 Å². The van der Waals surface area contributed by atoms with E-state index in [2.05, 4.69) is 4.98 Å². The fourth-order valence-electron chi connectivity index (χ4n) is 3.57. The van der Waals surface area contributed by atoms with Crippen LogP contribution in [0, 0.1) is 5.41 Å². The maximum atomic E-state index is 13.2. The van der Waals surface area contributed by atoms with Crippen molar-refractivity contribution in [3.63, 3.8) is 0 Å². The van der Waals surface area contributed by atoms with Crippen molar-refractivity contribution in [3.05, 3.63) is 72.4 Å². The first kappa shape index (κ1) is 15.5. The van der Waals surface area contributed by atoms with Crippen LogP contribution >= 0.6 is 0 Å². The summed E-state index contributed by atoms with van der Waals surface area (Å²) in [5.74, 6) is -0.318. The van der Waals surface area contributed by atoms with E-state index in [1.807, 2.05) is 61.5 Å². The Bertz CT molecular complexity index is 963. The number of imide groups is 1. The number of benzene rings is 2. The van der Waals surface area contributed by atoms with Gasteiger partial charge in [0.05, 0.1) is 16.6 Å². The van der Waals surface area contributed by atoms with Gasteiger partial charge in [0, 0.05) is 18.0 Å². The summed E-state index contributed by atoms with van der Waals surface area (Å²) in [4.78, 5) is 31.6. The first-order valence-corrected chi connectivity index (χ1v) is 8.34. The molecule has 124 valence electrons. The third-order valence-corrected chi connectivity index (χ3v) is 4.80. The zero-order chi connectivity index (χ0) is 17.4. The minimum absolute atomic E-state index is 0.153. The fourth-order valence-corrected chi connectivity index (χ4v) is 3.57. The second-order valence-electron chi connectivity index (χ2n) is 6.79. The van der Waals surface area contributed by atoms with Crippen molar-refractivity contribution < 1.29 is 9.59 Å². The molecule has 1 aliphatic heterocycles. The summed E-state index contributed by atoms with van der Waals surface area (Å²) in [6, 6.07) is 19.2. The molecule has 2 aromatic carbocycles. The number of fused-ring (bicyclic) bond motifs is 1. The number of nitrogens with zero attached hydrogens (tertiary/aromatic N) is 2. The van der Waals surface area contributed by atoms with Crippen molar-refractivity contribution >= 4 is 28.4 Å². The molecule has 4 heteroatoms. The van der Waals surface area contributed by atoms with Gasteiger partial charge in [-0.1, -0.05) is 48.5 Å². The number of carbonyl (C=O) groups excluding carboxylic acids is 2. The van der Waals surface area contributed by atoms with Gasteiger partial charge in [-0.3, -0.25) is 14.6 Å². The van der Waals surface area contributed by atoms with Gasteiger partial charge in [0.25, 0.3) is 0 Å². The predicted molar refractivity (Wildman–Crippen MR) is 97.1 cm³/mol. The molecule has 0 aliphatic carbocycles. The first-order chi connectivity index (χ1) is 12.1. The summed E-state index contributed by atoms with van der Waals surface area (Å²) >= 11 is 0. The van der Waals surface area contributed by atoms with Crippen LogP contribution < -0.4 is 4.90 Å². The molecule has 1 saturated heterocycles. The number of amides is 2. The van der Waals surface area contributed by atoms with Crippen molar-refractivity contribution in [3.8, 4) is 0 Å². The van der Waals surface area contributed by atoms with E-state index in [0.717, 1.165) is 10.9 Å². The van der Waals surface area contributed by atoms with Crippen molar-refractivity contribution in [2.24, 2.45) is 5.41 Å². The van der Waals surface area contributed by atoms with Crippen LogP contribution in [0.5, 0.6) is 0 Å². The number of rotatable bonds is 3. The van der Waals surface area contributed by atoms with E-state index in [0.29, 0.717) is 17.6 Å². The molecule has 0 bridgehead atoms. The lowest BCUT2D eigenvalue weighted by Gasteiger charge is -2.22. The number of anilines is 1. The van der Waals surface area contributed by atoms with Crippen LogP contribution in [0.25, 0.3) is 10.9 Å². The molecule has 0 radical (unpaired) electrons. The number of aromatic nitrogens is 1. The highest BCUT2D eigenvalue weighted by Gasteiger charge is 2.49. The van der Waals surface area contributed by atoms with E-state index in [1.165, 1.54) is 4.90 Å². The van der Waals surface area contributed by atoms with E-state index in [4.69, 9.17) is 0 Å². The van der Waals surface area contributed by atoms with Crippen LogP contribution in [-0.4, -0.2) is 16.8 Å². The largest absolute Gasteiger partial charge is 0.274 e. The Morgan fingerprint density at radius 1 is 1.00 bits per heavy atom. The van der Waals surface area contributed by atoms with E-state index >= 15 is 0 Å². The highest BCUT2D eigenvalue weighted by Crippen LogP contribution is 2.40. The van der Waals surface area contributed by atoms with E-state index in [-0.39, 0.29) is 18.2 Å². The Hall–Kier alpha value is -3.01. The zero-order valence-electron chi connectivity index (χ0n) is 14.0. The normalized spacial score (nSPS) is 20.4. The number of hydrogen-bond donors (Lipinski definition) is 0. The van der Waals surface area contributed by atoms with Crippen LogP contribution in [-0.2, 0) is 16.0 Å². The van der Waals surface area contributed by atoms with Crippen molar-refractivity contribution in [2.75, 3.05) is 4.90 Å². The lowest BCUT2D eigenvalue weighted by Crippen LogP contribution is -2.35. The molecular formula is C21H18N2O2. The predicted octanol–water partition coefficient (Wildman–Crippen LogP) is 3.75. The Morgan fingerprint density at radius 2 is 1.76 bits per heavy atom. The van der Waals surface area contributed by atoms with Crippen molar-refractivity contribution in [1.82, 2.24) is 4.98 Å². The maximum Gasteiger partial charge on any atom is 0.240 e. The third kappa shape index (κ3) is 2.60. The Balaban J connectivity index is 1.74. The maximum absolute atomic E-state index is 13.2. The van der Waals surface area contributed by atoms with Crippen LogP contribution in [0.15, 0.2) is 66.9 Å². The molecule has 0 N–H and O–H groups in total. The van der Waals surface area contributed by atoms with Gasteiger partial charge >= 0.3 is 0 Å². The van der Waals surface area contributed by atoms with Crippen LogP contribution in [0.3, 0.4) is 0 Å². The molecule has 25 heavy (non-hydrogen) atoms. The zero-order valence-corrected chi connectivity index (χ0v) is 14.0. The summed E-state index contributed by atoms with van der Waals surface area (Å²) in [6.07, 6.45) is 2.44. The minimum atomic E-state index is -0.727. The van der Waals surface area contributed by atoms with E-state index in [9.17, 15) is 9.59 Å². The molecule has 3 aromatic rings. The lowest BCUT2D eigenvalue weighted by atomic mass is 9.82. The SMILES string of the molecule is CC1(Cc2ccccc2)CC(=O)N(c2cccc3cccnc23)C1=O. The highest BCUT2D eigenvalue weighted by atomic mass is 16.2. The molecule has 4 rings (SSSR count). The smallest absolute Gasteiger partial charge is 0.240 e. The molecule has 1 atom stereocenters. The van der Waals surface area contributed by atoms with Crippen LogP contribution in [0.2, 0.25) is 0 Å². The number of carbonyl (C=O) groups is 2. The quantitative estimate of drug-likeness (QED) is 0.687. The summed E-state index contributed by atoms with van der Waals surface area (Å²) in [5, 5.41) is 0.914. The lowest BCUT2D eigenvalue weighted by molar-refractivity contribution is -0.125. The molecule has 2 amide bonds. The summed E-state index contributed by atoms with van der Waals surface area (Å²) in [5.41, 5.74) is 1.58. The van der Waals surface area contributed by atoms with Gasteiger partial charge in [-0.2, -0.15) is 0 Å². The Labute approximate surface area is 146 Å². The molecule has 1 unspecified atom stereocenters. The monoisotopic (exact) mass is 330 g/mol. The average molecular weight is 330 g/mol.